The van der Waals surface area contributed by atoms with Crippen LogP contribution in [0.3, 0.4) is 0 Å². The first-order chi connectivity index (χ1) is 6.38. The van der Waals surface area contributed by atoms with Crippen molar-refractivity contribution in [3.63, 3.8) is 0 Å². The van der Waals surface area contributed by atoms with E-state index in [2.05, 4.69) is 20.7 Å². The van der Waals surface area contributed by atoms with Gasteiger partial charge in [-0.05, 0) is 0 Å². The first-order valence-electron chi connectivity index (χ1n) is 4.23. The molecule has 70 valence electrons. The summed E-state index contributed by atoms with van der Waals surface area (Å²) in [6.45, 7) is 3.42. The second-order valence-electron chi connectivity index (χ2n) is 2.89. The van der Waals surface area contributed by atoms with E-state index in [9.17, 15) is 4.79 Å². The number of hydrogen-bond donors (Lipinski definition) is 2. The summed E-state index contributed by atoms with van der Waals surface area (Å²) in [4.78, 5) is 13.3. The molecule has 6 heteroatoms. The van der Waals surface area contributed by atoms with Crippen molar-refractivity contribution in [1.82, 2.24) is 20.7 Å². The van der Waals surface area contributed by atoms with Crippen molar-refractivity contribution in [2.24, 2.45) is 0 Å². The molecule has 1 aliphatic rings. The summed E-state index contributed by atoms with van der Waals surface area (Å²) in [7, 11) is 0. The van der Waals surface area contributed by atoms with Crippen LogP contribution < -0.4 is 15.6 Å². The second kappa shape index (κ2) is 3.53. The summed E-state index contributed by atoms with van der Waals surface area (Å²) in [6.07, 6.45) is 1.25. The molecular weight excluding hydrogens is 170 g/mol. The van der Waals surface area contributed by atoms with Gasteiger partial charge < -0.3 is 10.2 Å². The summed E-state index contributed by atoms with van der Waals surface area (Å²) >= 11 is 0. The van der Waals surface area contributed by atoms with Gasteiger partial charge in [-0.15, -0.1) is 5.10 Å². The van der Waals surface area contributed by atoms with Gasteiger partial charge in [-0.25, -0.2) is 0 Å². The topological polar surface area (TPSA) is 73.9 Å². The second-order valence-corrected chi connectivity index (χ2v) is 2.89. The lowest BCUT2D eigenvalue weighted by Crippen LogP contribution is -2.45. The van der Waals surface area contributed by atoms with Crippen LogP contribution in [-0.2, 0) is 0 Å². The van der Waals surface area contributed by atoms with Crippen molar-refractivity contribution in [3.05, 3.63) is 16.4 Å². The van der Waals surface area contributed by atoms with E-state index in [-0.39, 0.29) is 5.43 Å². The molecule has 0 unspecified atom stereocenters. The molecule has 0 bridgehead atoms. The minimum Gasteiger partial charge on any atom is -0.349 e. The number of nitrogens with zero attached hydrogens (tertiary/aromatic N) is 3. The highest BCUT2D eigenvalue weighted by Crippen LogP contribution is 2.01. The quantitative estimate of drug-likeness (QED) is 0.556. The summed E-state index contributed by atoms with van der Waals surface area (Å²) in [5.74, 6) is 0.469. The van der Waals surface area contributed by atoms with Crippen LogP contribution in [0.15, 0.2) is 11.0 Å². The molecule has 6 nitrogen and oxygen atoms in total. The average Bonchev–Trinajstić information content (AvgIpc) is 2.20. The monoisotopic (exact) mass is 181 g/mol. The number of aromatic nitrogens is 3. The van der Waals surface area contributed by atoms with Crippen LogP contribution in [0.4, 0.5) is 5.82 Å². The van der Waals surface area contributed by atoms with E-state index in [0.29, 0.717) is 5.82 Å². The van der Waals surface area contributed by atoms with Crippen molar-refractivity contribution in [2.45, 2.75) is 0 Å². The third-order valence-corrected chi connectivity index (χ3v) is 2.03. The van der Waals surface area contributed by atoms with Crippen LogP contribution in [-0.4, -0.2) is 41.6 Å². The SMILES string of the molecule is O=c1cn[nH]nc1N1CCNCC1. The van der Waals surface area contributed by atoms with E-state index in [1.807, 2.05) is 4.90 Å². The molecule has 0 spiro atoms. The lowest BCUT2D eigenvalue weighted by atomic mass is 10.3. The highest BCUT2D eigenvalue weighted by molar-refractivity contribution is 5.36. The number of piperazine rings is 1. The Bertz CT molecular complexity index is 330. The maximum atomic E-state index is 11.3. The Hall–Kier alpha value is -1.43. The number of aromatic amines is 1. The zero-order valence-corrected chi connectivity index (χ0v) is 7.16. The molecule has 1 aromatic heterocycles. The van der Waals surface area contributed by atoms with Gasteiger partial charge in [0.25, 0.3) is 0 Å². The largest absolute Gasteiger partial charge is 0.349 e. The Balaban J connectivity index is 2.24. The first-order valence-corrected chi connectivity index (χ1v) is 4.23. The lowest BCUT2D eigenvalue weighted by molar-refractivity contribution is 0.579. The standard InChI is InChI=1S/C7H11N5O/c13-6-5-9-11-10-7(6)12-3-1-8-2-4-12/h5,8H,1-4H2,(H,11,13). The predicted molar refractivity (Wildman–Crippen MR) is 47.7 cm³/mol. The molecule has 1 aromatic rings. The third kappa shape index (κ3) is 1.67. The number of anilines is 1. The van der Waals surface area contributed by atoms with Crippen LogP contribution in [0.25, 0.3) is 0 Å². The highest BCUT2D eigenvalue weighted by atomic mass is 16.1. The van der Waals surface area contributed by atoms with Crippen molar-refractivity contribution < 1.29 is 0 Å². The van der Waals surface area contributed by atoms with Crippen LogP contribution >= 0.6 is 0 Å². The number of nitrogens with one attached hydrogen (secondary N) is 2. The smallest absolute Gasteiger partial charge is 0.242 e. The lowest BCUT2D eigenvalue weighted by Gasteiger charge is -2.26. The van der Waals surface area contributed by atoms with Gasteiger partial charge in [0.1, 0.15) is 6.20 Å². The summed E-state index contributed by atoms with van der Waals surface area (Å²) < 4.78 is 0. The fourth-order valence-corrected chi connectivity index (χ4v) is 1.38. The van der Waals surface area contributed by atoms with Crippen molar-refractivity contribution in [2.75, 3.05) is 31.1 Å². The molecule has 0 aliphatic carbocycles. The molecular formula is C7H11N5O. The third-order valence-electron chi connectivity index (χ3n) is 2.03. The predicted octanol–water partition coefficient (Wildman–Crippen LogP) is -1.43. The van der Waals surface area contributed by atoms with E-state index in [1.165, 1.54) is 6.20 Å². The maximum absolute atomic E-state index is 11.3. The van der Waals surface area contributed by atoms with Crippen LogP contribution in [0.5, 0.6) is 0 Å². The molecule has 1 saturated heterocycles. The average molecular weight is 181 g/mol. The van der Waals surface area contributed by atoms with E-state index in [1.54, 1.807) is 0 Å². The summed E-state index contributed by atoms with van der Waals surface area (Å²) in [5, 5.41) is 13.0. The highest BCUT2D eigenvalue weighted by Gasteiger charge is 2.14. The van der Waals surface area contributed by atoms with Gasteiger partial charge in [-0.2, -0.15) is 10.3 Å². The van der Waals surface area contributed by atoms with E-state index >= 15 is 0 Å². The van der Waals surface area contributed by atoms with Gasteiger partial charge >= 0.3 is 0 Å². The Morgan fingerprint density at radius 2 is 2.15 bits per heavy atom. The molecule has 1 aliphatic heterocycles. The van der Waals surface area contributed by atoms with Gasteiger partial charge in [-0.3, -0.25) is 4.79 Å². The normalized spacial score (nSPS) is 17.4. The van der Waals surface area contributed by atoms with Gasteiger partial charge in [0.2, 0.25) is 5.43 Å². The molecule has 1 fully saturated rings. The zero-order valence-electron chi connectivity index (χ0n) is 7.16. The minimum absolute atomic E-state index is 0.124. The maximum Gasteiger partial charge on any atom is 0.242 e. The number of H-pyrrole nitrogens is 1. The molecule has 0 saturated carbocycles. The van der Waals surface area contributed by atoms with Gasteiger partial charge in [0.05, 0.1) is 0 Å². The van der Waals surface area contributed by atoms with Crippen LogP contribution in [0.1, 0.15) is 0 Å². The van der Waals surface area contributed by atoms with Crippen molar-refractivity contribution in [3.8, 4) is 0 Å². The molecule has 0 atom stereocenters. The Morgan fingerprint density at radius 1 is 1.38 bits per heavy atom. The molecule has 0 aromatic carbocycles. The van der Waals surface area contributed by atoms with Crippen molar-refractivity contribution in [1.29, 1.82) is 0 Å². The molecule has 2 rings (SSSR count). The van der Waals surface area contributed by atoms with Crippen LogP contribution in [0, 0.1) is 0 Å². The van der Waals surface area contributed by atoms with Crippen molar-refractivity contribution >= 4 is 5.82 Å². The Labute approximate surface area is 75.0 Å². The minimum atomic E-state index is -0.124. The van der Waals surface area contributed by atoms with Gasteiger partial charge in [-0.1, -0.05) is 0 Å². The molecule has 2 heterocycles. The van der Waals surface area contributed by atoms with E-state index in [4.69, 9.17) is 0 Å². The summed E-state index contributed by atoms with van der Waals surface area (Å²) in [6, 6.07) is 0. The Morgan fingerprint density at radius 3 is 2.85 bits per heavy atom. The fourth-order valence-electron chi connectivity index (χ4n) is 1.38. The summed E-state index contributed by atoms with van der Waals surface area (Å²) in [5.41, 5.74) is -0.124. The molecule has 13 heavy (non-hydrogen) atoms. The molecule has 2 N–H and O–H groups in total. The number of hydrogen-bond acceptors (Lipinski definition) is 5. The first kappa shape index (κ1) is 8.18. The molecule has 0 amide bonds. The fraction of sp³-hybridized carbons (Fsp3) is 0.571. The molecule has 0 radical (unpaired) electrons. The van der Waals surface area contributed by atoms with E-state index < -0.39 is 0 Å². The van der Waals surface area contributed by atoms with Crippen LogP contribution in [0.2, 0.25) is 0 Å². The Kier molecular flexibility index (Phi) is 2.22. The van der Waals surface area contributed by atoms with Gasteiger partial charge in [0, 0.05) is 26.2 Å². The number of rotatable bonds is 1. The zero-order chi connectivity index (χ0) is 9.10. The van der Waals surface area contributed by atoms with Gasteiger partial charge in [0.15, 0.2) is 5.82 Å². The van der Waals surface area contributed by atoms with E-state index in [0.717, 1.165) is 26.2 Å².